The molecule has 0 aromatic heterocycles. The maximum absolute atomic E-state index is 14.5. The second kappa shape index (κ2) is 6.64. The quantitative estimate of drug-likeness (QED) is 0.441. The van der Waals surface area contributed by atoms with Crippen LogP contribution in [-0.2, 0) is 10.3 Å². The Morgan fingerprint density at radius 2 is 2.19 bits per heavy atom. The van der Waals surface area contributed by atoms with Crippen molar-refractivity contribution < 1.29 is 37.1 Å². The predicted octanol–water partition coefficient (Wildman–Crippen LogP) is 2.88. The lowest BCUT2D eigenvalue weighted by molar-refractivity contribution is -0.385. The number of amidine groups is 1. The standard InChI is InChI=1S/C14H11F4N3O5S/c15-9-2-1-6(21(24)25)3-7(9)13-5-26-10(14(16,17)18)8(13)4-27-11(20-13)19-12(22)23/h1-3,8,10H,4-5H2,(H,19,20)(H,22,23)/t8-,10+,13-/m1/s1. The SMILES string of the molecule is O=C(O)NC1=N[C@@]2(c3cc([N+](=O)[O-])ccc3F)CO[C@H](C(F)(F)F)[C@H]2CS1. The number of alkyl halides is 3. The van der Waals surface area contributed by atoms with Gasteiger partial charge in [-0.3, -0.25) is 15.4 Å². The van der Waals surface area contributed by atoms with Gasteiger partial charge in [0.15, 0.2) is 11.3 Å². The third-order valence-electron chi connectivity index (χ3n) is 4.33. The first-order chi connectivity index (χ1) is 12.5. The number of benzene rings is 1. The molecular weight excluding hydrogens is 398 g/mol. The summed E-state index contributed by atoms with van der Waals surface area (Å²) in [7, 11) is 0. The van der Waals surface area contributed by atoms with Crippen molar-refractivity contribution in [2.24, 2.45) is 10.9 Å². The van der Waals surface area contributed by atoms with Gasteiger partial charge in [0.25, 0.3) is 5.69 Å². The lowest BCUT2D eigenvalue weighted by Gasteiger charge is -2.36. The van der Waals surface area contributed by atoms with Crippen LogP contribution in [0, 0.1) is 21.8 Å². The Kier molecular flexibility index (Phi) is 4.76. The number of nitro groups is 1. The number of fused-ring (bicyclic) bond motifs is 1. The molecule has 0 aliphatic carbocycles. The predicted molar refractivity (Wildman–Crippen MR) is 85.1 cm³/mol. The number of hydrogen-bond donors (Lipinski definition) is 2. The zero-order valence-electron chi connectivity index (χ0n) is 13.2. The molecule has 27 heavy (non-hydrogen) atoms. The molecule has 0 radical (unpaired) electrons. The van der Waals surface area contributed by atoms with E-state index in [1.54, 1.807) is 0 Å². The summed E-state index contributed by atoms with van der Waals surface area (Å²) in [5, 5.41) is 21.5. The van der Waals surface area contributed by atoms with E-state index >= 15 is 0 Å². The Bertz CT molecular complexity index is 833. The van der Waals surface area contributed by atoms with Gasteiger partial charge in [0, 0.05) is 29.4 Å². The first-order valence-electron chi connectivity index (χ1n) is 7.40. The lowest BCUT2D eigenvalue weighted by atomic mass is 9.78. The van der Waals surface area contributed by atoms with Crippen molar-refractivity contribution in [2.75, 3.05) is 12.4 Å². The minimum absolute atomic E-state index is 0.240. The molecule has 1 amide bonds. The normalized spacial score (nSPS) is 27.6. The van der Waals surface area contributed by atoms with Crippen molar-refractivity contribution in [1.82, 2.24) is 5.32 Å². The van der Waals surface area contributed by atoms with E-state index in [-0.39, 0.29) is 10.9 Å². The second-order valence-corrected chi connectivity index (χ2v) is 6.89. The number of thioether (sulfide) groups is 1. The first kappa shape index (κ1) is 19.4. The summed E-state index contributed by atoms with van der Waals surface area (Å²) in [4.78, 5) is 25.1. The molecular formula is C14H11F4N3O5S. The highest BCUT2D eigenvalue weighted by molar-refractivity contribution is 8.13. The number of hydrogen-bond acceptors (Lipinski definition) is 6. The molecule has 1 fully saturated rings. The van der Waals surface area contributed by atoms with Crippen LogP contribution < -0.4 is 5.32 Å². The highest BCUT2D eigenvalue weighted by Gasteiger charge is 2.62. The Morgan fingerprint density at radius 1 is 1.48 bits per heavy atom. The third-order valence-corrected chi connectivity index (χ3v) is 5.32. The van der Waals surface area contributed by atoms with Gasteiger partial charge >= 0.3 is 12.3 Å². The lowest BCUT2D eigenvalue weighted by Crippen LogP contribution is -2.47. The van der Waals surface area contributed by atoms with Crippen LogP contribution in [0.25, 0.3) is 0 Å². The fraction of sp³-hybridized carbons (Fsp3) is 0.429. The van der Waals surface area contributed by atoms with E-state index in [1.807, 2.05) is 5.32 Å². The summed E-state index contributed by atoms with van der Waals surface area (Å²) < 4.78 is 59.4. The molecule has 2 aliphatic rings. The molecule has 1 aromatic rings. The third kappa shape index (κ3) is 3.43. The number of amides is 1. The Morgan fingerprint density at radius 3 is 2.78 bits per heavy atom. The molecule has 146 valence electrons. The number of nitrogens with one attached hydrogen (secondary N) is 1. The van der Waals surface area contributed by atoms with Crippen LogP contribution >= 0.6 is 11.8 Å². The van der Waals surface area contributed by atoms with E-state index in [1.165, 1.54) is 0 Å². The van der Waals surface area contributed by atoms with Gasteiger partial charge in [-0.25, -0.2) is 14.2 Å². The van der Waals surface area contributed by atoms with Crippen LogP contribution in [0.3, 0.4) is 0 Å². The van der Waals surface area contributed by atoms with E-state index in [0.29, 0.717) is 0 Å². The summed E-state index contributed by atoms with van der Waals surface area (Å²) in [6.07, 6.45) is -8.53. The molecule has 8 nitrogen and oxygen atoms in total. The van der Waals surface area contributed by atoms with Crippen LogP contribution in [0.4, 0.5) is 28.0 Å². The van der Waals surface area contributed by atoms with Crippen molar-refractivity contribution in [1.29, 1.82) is 0 Å². The molecule has 2 aliphatic heterocycles. The maximum Gasteiger partial charge on any atom is 0.415 e. The number of carbonyl (C=O) groups is 1. The van der Waals surface area contributed by atoms with Crippen LogP contribution in [0.2, 0.25) is 0 Å². The average molecular weight is 409 g/mol. The molecule has 0 spiro atoms. The molecule has 1 saturated heterocycles. The zero-order chi connectivity index (χ0) is 20.0. The number of ether oxygens (including phenoxy) is 1. The highest BCUT2D eigenvalue weighted by atomic mass is 32.2. The maximum atomic E-state index is 14.5. The molecule has 2 N–H and O–H groups in total. The van der Waals surface area contributed by atoms with Gasteiger partial charge in [0.2, 0.25) is 0 Å². The molecule has 2 heterocycles. The van der Waals surface area contributed by atoms with E-state index in [2.05, 4.69) is 4.99 Å². The van der Waals surface area contributed by atoms with E-state index in [9.17, 15) is 32.5 Å². The first-order valence-corrected chi connectivity index (χ1v) is 8.38. The molecule has 13 heteroatoms. The summed E-state index contributed by atoms with van der Waals surface area (Å²) in [5.74, 6) is -2.66. The highest BCUT2D eigenvalue weighted by Crippen LogP contribution is 2.52. The summed E-state index contributed by atoms with van der Waals surface area (Å²) in [6, 6.07) is 2.45. The van der Waals surface area contributed by atoms with Gasteiger partial charge in [-0.1, -0.05) is 11.8 Å². The van der Waals surface area contributed by atoms with Crippen molar-refractivity contribution >= 4 is 28.7 Å². The fourth-order valence-corrected chi connectivity index (χ4v) is 4.36. The Labute approximate surface area is 152 Å². The van der Waals surface area contributed by atoms with Gasteiger partial charge in [-0.15, -0.1) is 0 Å². The summed E-state index contributed by atoms with van der Waals surface area (Å²) in [5.41, 5.74) is -2.92. The van der Waals surface area contributed by atoms with Gasteiger partial charge < -0.3 is 9.84 Å². The number of halogens is 4. The average Bonchev–Trinajstić information content (AvgIpc) is 2.94. The van der Waals surface area contributed by atoms with E-state index < -0.39 is 58.4 Å². The number of non-ortho nitro benzene ring substituents is 1. The summed E-state index contributed by atoms with van der Waals surface area (Å²) in [6.45, 7) is -0.703. The zero-order valence-corrected chi connectivity index (χ0v) is 14.0. The van der Waals surface area contributed by atoms with Gasteiger partial charge in [0.1, 0.15) is 11.4 Å². The second-order valence-electron chi connectivity index (χ2n) is 5.88. The van der Waals surface area contributed by atoms with Crippen LogP contribution in [0.5, 0.6) is 0 Å². The Balaban J connectivity index is 2.17. The van der Waals surface area contributed by atoms with E-state index in [0.717, 1.165) is 30.0 Å². The molecule has 3 atom stereocenters. The van der Waals surface area contributed by atoms with Crippen molar-refractivity contribution in [3.8, 4) is 0 Å². The minimum Gasteiger partial charge on any atom is -0.465 e. The van der Waals surface area contributed by atoms with Gasteiger partial charge in [-0.05, 0) is 6.07 Å². The monoisotopic (exact) mass is 409 g/mol. The van der Waals surface area contributed by atoms with Gasteiger partial charge in [0.05, 0.1) is 11.5 Å². The number of aliphatic imine (C=N–C) groups is 1. The molecule has 0 unspecified atom stereocenters. The van der Waals surface area contributed by atoms with Crippen LogP contribution in [-0.4, -0.2) is 45.9 Å². The van der Waals surface area contributed by atoms with E-state index in [4.69, 9.17) is 9.84 Å². The smallest absolute Gasteiger partial charge is 0.415 e. The minimum atomic E-state index is -4.77. The largest absolute Gasteiger partial charge is 0.465 e. The molecule has 0 bridgehead atoms. The molecule has 3 rings (SSSR count). The van der Waals surface area contributed by atoms with Crippen molar-refractivity contribution in [2.45, 2.75) is 17.8 Å². The van der Waals surface area contributed by atoms with Gasteiger partial charge in [-0.2, -0.15) is 13.2 Å². The number of nitro benzene ring substituents is 1. The Hall–Kier alpha value is -2.41. The molecule has 0 saturated carbocycles. The summed E-state index contributed by atoms with van der Waals surface area (Å²) >= 11 is 0.719. The molecule has 1 aromatic carbocycles. The number of carboxylic acid groups (broad SMARTS) is 1. The van der Waals surface area contributed by atoms with Crippen molar-refractivity contribution in [3.05, 3.63) is 39.7 Å². The number of rotatable bonds is 2. The van der Waals surface area contributed by atoms with Crippen LogP contribution in [0.1, 0.15) is 5.56 Å². The van der Waals surface area contributed by atoms with Crippen molar-refractivity contribution in [3.63, 3.8) is 0 Å². The topological polar surface area (TPSA) is 114 Å². The van der Waals surface area contributed by atoms with Crippen LogP contribution in [0.15, 0.2) is 23.2 Å². The fourth-order valence-electron chi connectivity index (χ4n) is 3.19. The number of nitrogens with zero attached hydrogens (tertiary/aromatic N) is 2.